The van der Waals surface area contributed by atoms with Crippen LogP contribution in [0.3, 0.4) is 0 Å². The maximum Gasteiger partial charge on any atom is 0.328 e. The zero-order valence-corrected chi connectivity index (χ0v) is 23.1. The van der Waals surface area contributed by atoms with Crippen molar-refractivity contribution in [1.29, 1.82) is 0 Å². The maximum atomic E-state index is 13.0. The van der Waals surface area contributed by atoms with E-state index in [9.17, 15) is 9.59 Å². The molecule has 1 aliphatic heterocycles. The number of ether oxygens (including phenoxy) is 2. The van der Waals surface area contributed by atoms with Gasteiger partial charge in [0.15, 0.2) is 0 Å². The number of aromatic nitrogens is 2. The molecule has 0 bridgehead atoms. The molecule has 2 fully saturated rings. The van der Waals surface area contributed by atoms with E-state index in [2.05, 4.69) is 38.2 Å². The second-order valence-electron chi connectivity index (χ2n) is 9.03. The minimum absolute atomic E-state index is 0.0576. The predicted molar refractivity (Wildman–Crippen MR) is 145 cm³/mol. The van der Waals surface area contributed by atoms with Crippen LogP contribution in [0.1, 0.15) is 30.4 Å². The molecule has 36 heavy (non-hydrogen) atoms. The highest BCUT2D eigenvalue weighted by Gasteiger charge is 2.26. The Morgan fingerprint density at radius 1 is 1.28 bits per heavy atom. The molecule has 0 spiro atoms. The van der Waals surface area contributed by atoms with Gasteiger partial charge in [0, 0.05) is 59.2 Å². The Bertz CT molecular complexity index is 1110. The van der Waals surface area contributed by atoms with Crippen molar-refractivity contribution in [2.24, 2.45) is 0 Å². The number of hydrogen-bond acceptors (Lipinski definition) is 8. The molecule has 12 heteroatoms. The molecule has 3 amide bonds. The third-order valence-corrected chi connectivity index (χ3v) is 7.05. The van der Waals surface area contributed by atoms with Gasteiger partial charge in [-0.2, -0.15) is 0 Å². The first-order valence-corrected chi connectivity index (χ1v) is 12.9. The van der Waals surface area contributed by atoms with Gasteiger partial charge in [0.05, 0.1) is 15.8 Å². The van der Waals surface area contributed by atoms with Gasteiger partial charge < -0.3 is 19.7 Å². The molecular formula is C24H32IN7O4. The van der Waals surface area contributed by atoms with Crippen molar-refractivity contribution in [2.45, 2.75) is 31.7 Å². The highest BCUT2D eigenvalue weighted by Crippen LogP contribution is 2.29. The number of likely N-dealkylation sites (N-methyl/N-ethyl adjacent to an activating group) is 1. The monoisotopic (exact) mass is 609 g/mol. The summed E-state index contributed by atoms with van der Waals surface area (Å²) < 4.78 is 12.0. The number of halogens is 1. The van der Waals surface area contributed by atoms with E-state index in [0.717, 1.165) is 34.2 Å². The Labute approximate surface area is 224 Å². The lowest BCUT2D eigenvalue weighted by atomic mass is 10.1. The highest BCUT2D eigenvalue weighted by atomic mass is 127. The highest BCUT2D eigenvalue weighted by molar-refractivity contribution is 14.1. The molecule has 1 saturated carbocycles. The summed E-state index contributed by atoms with van der Waals surface area (Å²) in [5, 5.41) is 6.29. The molecule has 4 rings (SSSR count). The number of nitrogens with zero attached hydrogens (tertiary/aromatic N) is 5. The number of carbonyl (C=O) groups is 2. The van der Waals surface area contributed by atoms with Crippen LogP contribution in [0.2, 0.25) is 0 Å². The Kier molecular flexibility index (Phi) is 8.59. The Morgan fingerprint density at radius 2 is 2.03 bits per heavy atom. The molecule has 0 aromatic carbocycles. The lowest BCUT2D eigenvalue weighted by Crippen LogP contribution is -2.48. The van der Waals surface area contributed by atoms with Gasteiger partial charge >= 0.3 is 6.03 Å². The third-order valence-electron chi connectivity index (χ3n) is 6.20. The number of carbonyl (C=O) groups excluding carboxylic acids is 2. The van der Waals surface area contributed by atoms with Crippen LogP contribution in [0.4, 0.5) is 22.1 Å². The van der Waals surface area contributed by atoms with E-state index in [-0.39, 0.29) is 11.9 Å². The largest absolute Gasteiger partial charge is 0.381 e. The Balaban J connectivity index is 1.51. The first-order valence-electron chi connectivity index (χ1n) is 11.8. The van der Waals surface area contributed by atoms with Crippen LogP contribution < -0.4 is 15.5 Å². The van der Waals surface area contributed by atoms with Crippen LogP contribution in [-0.4, -0.2) is 85.7 Å². The lowest BCUT2D eigenvalue weighted by molar-refractivity contribution is -0.136. The molecule has 0 unspecified atom stereocenters. The van der Waals surface area contributed by atoms with Gasteiger partial charge in [0.25, 0.3) is 0 Å². The minimum atomic E-state index is -0.743. The normalized spacial score (nSPS) is 16.4. The molecule has 194 valence electrons. The maximum absolute atomic E-state index is 13.0. The molecule has 2 aromatic rings. The van der Waals surface area contributed by atoms with Gasteiger partial charge in [0.1, 0.15) is 17.3 Å². The lowest BCUT2D eigenvalue weighted by Gasteiger charge is -2.33. The van der Waals surface area contributed by atoms with Crippen molar-refractivity contribution in [2.75, 3.05) is 63.5 Å². The van der Waals surface area contributed by atoms with Gasteiger partial charge in [-0.15, -0.1) is 0 Å². The summed E-state index contributed by atoms with van der Waals surface area (Å²) in [6.45, 7) is 2.20. The summed E-state index contributed by atoms with van der Waals surface area (Å²) in [6, 6.07) is 5.56. The van der Waals surface area contributed by atoms with Gasteiger partial charge in [0.2, 0.25) is 12.2 Å². The standard InChI is InChI=1S/C24H32IN7O4/c1-30-9-10-32(21(33)14-30)13-15-5-8-20(29-22(15)23(35-3)36-4)31(2)24(34)28-19-11-18(17(25)12-26-19)27-16-6-7-16/h5,8,11-12,16,23H,6-7,9-10,13-14H2,1-4H3,(H2,26,27,28,34). The fourth-order valence-electron chi connectivity index (χ4n) is 3.90. The van der Waals surface area contributed by atoms with Crippen molar-refractivity contribution in [3.63, 3.8) is 0 Å². The van der Waals surface area contributed by atoms with Crippen LogP contribution in [0.15, 0.2) is 24.4 Å². The molecule has 0 radical (unpaired) electrons. The topological polar surface area (TPSA) is 112 Å². The fraction of sp³-hybridized carbons (Fsp3) is 0.500. The molecular weight excluding hydrogens is 577 g/mol. The van der Waals surface area contributed by atoms with Crippen molar-refractivity contribution < 1.29 is 19.1 Å². The van der Waals surface area contributed by atoms with Crippen LogP contribution in [-0.2, 0) is 20.8 Å². The van der Waals surface area contributed by atoms with E-state index in [1.54, 1.807) is 24.2 Å². The van der Waals surface area contributed by atoms with Gasteiger partial charge in [-0.3, -0.25) is 19.9 Å². The fourth-order valence-corrected chi connectivity index (χ4v) is 4.35. The molecule has 1 aliphatic carbocycles. The van der Waals surface area contributed by atoms with E-state index < -0.39 is 6.29 Å². The summed E-state index contributed by atoms with van der Waals surface area (Å²) in [4.78, 5) is 39.8. The summed E-state index contributed by atoms with van der Waals surface area (Å²) >= 11 is 2.23. The van der Waals surface area contributed by atoms with Gasteiger partial charge in [-0.25, -0.2) is 14.8 Å². The zero-order chi connectivity index (χ0) is 25.8. The molecule has 2 N–H and O–H groups in total. The van der Waals surface area contributed by atoms with Crippen molar-refractivity contribution in [3.8, 4) is 0 Å². The Morgan fingerprint density at radius 3 is 2.69 bits per heavy atom. The van der Waals surface area contributed by atoms with Gasteiger partial charge in [-0.05, 0) is 54.1 Å². The number of hydrogen-bond donors (Lipinski definition) is 2. The molecule has 2 aromatic heterocycles. The second kappa shape index (κ2) is 11.7. The smallest absolute Gasteiger partial charge is 0.328 e. The molecule has 3 heterocycles. The zero-order valence-electron chi connectivity index (χ0n) is 21.0. The van der Waals surface area contributed by atoms with E-state index in [1.807, 2.05) is 24.1 Å². The van der Waals surface area contributed by atoms with E-state index in [0.29, 0.717) is 43.0 Å². The minimum Gasteiger partial charge on any atom is -0.381 e. The number of piperazine rings is 1. The molecule has 2 aliphatic rings. The van der Waals surface area contributed by atoms with Crippen LogP contribution in [0.25, 0.3) is 0 Å². The number of amides is 3. The number of methoxy groups -OCH3 is 2. The molecule has 0 atom stereocenters. The first kappa shape index (κ1) is 26.5. The molecule has 1 saturated heterocycles. The number of nitrogens with one attached hydrogen (secondary N) is 2. The van der Waals surface area contributed by atoms with Gasteiger partial charge in [-0.1, -0.05) is 6.07 Å². The van der Waals surface area contributed by atoms with Crippen LogP contribution in [0.5, 0.6) is 0 Å². The third kappa shape index (κ3) is 6.41. The molecule has 11 nitrogen and oxygen atoms in total. The summed E-state index contributed by atoms with van der Waals surface area (Å²) in [6.07, 6.45) is 3.29. The average molecular weight is 609 g/mol. The van der Waals surface area contributed by atoms with E-state index in [1.165, 1.54) is 19.1 Å². The summed E-state index contributed by atoms with van der Waals surface area (Å²) in [5.41, 5.74) is 2.28. The van der Waals surface area contributed by atoms with Crippen LogP contribution in [0, 0.1) is 3.57 Å². The van der Waals surface area contributed by atoms with Crippen molar-refractivity contribution in [1.82, 2.24) is 19.8 Å². The number of rotatable bonds is 9. The summed E-state index contributed by atoms with van der Waals surface area (Å²) in [7, 11) is 6.62. The van der Waals surface area contributed by atoms with Crippen molar-refractivity contribution in [3.05, 3.63) is 39.2 Å². The first-order chi connectivity index (χ1) is 17.3. The van der Waals surface area contributed by atoms with Crippen LogP contribution >= 0.6 is 22.6 Å². The van der Waals surface area contributed by atoms with Crippen molar-refractivity contribution >= 4 is 51.9 Å². The quantitative estimate of drug-likeness (QED) is 0.330. The average Bonchev–Trinajstić information content (AvgIpc) is 3.68. The van der Waals surface area contributed by atoms with E-state index >= 15 is 0 Å². The van der Waals surface area contributed by atoms with E-state index in [4.69, 9.17) is 14.5 Å². The predicted octanol–water partition coefficient (Wildman–Crippen LogP) is 2.89. The number of anilines is 3. The number of pyridine rings is 2. The summed E-state index contributed by atoms with van der Waals surface area (Å²) in [5.74, 6) is 0.923. The SMILES string of the molecule is COC(OC)c1nc(N(C)C(=O)Nc2cc(NC3CC3)c(I)cn2)ccc1CN1CCN(C)CC1=O. The Hall–Kier alpha value is -2.55. The number of urea groups is 1. The second-order valence-corrected chi connectivity index (χ2v) is 10.2.